The minimum absolute atomic E-state index is 0.0105. The van der Waals surface area contributed by atoms with E-state index in [-0.39, 0.29) is 12.5 Å². The van der Waals surface area contributed by atoms with Crippen LogP contribution in [-0.2, 0) is 10.2 Å². The quantitative estimate of drug-likeness (QED) is 0.879. The predicted molar refractivity (Wildman–Crippen MR) is 71.7 cm³/mol. The molecule has 1 fully saturated rings. The molecule has 1 aliphatic carbocycles. The summed E-state index contributed by atoms with van der Waals surface area (Å²) in [4.78, 5) is 12.4. The molecular formula is C14H18ClNO2. The molecule has 0 aliphatic heterocycles. The Hall–Kier alpha value is -1.06. The number of hydrogen-bond donors (Lipinski definition) is 2. The molecule has 0 atom stereocenters. The van der Waals surface area contributed by atoms with Gasteiger partial charge in [-0.3, -0.25) is 4.79 Å². The van der Waals surface area contributed by atoms with Gasteiger partial charge in [0.05, 0.1) is 12.0 Å². The molecule has 0 radical (unpaired) electrons. The van der Waals surface area contributed by atoms with Gasteiger partial charge in [-0.25, -0.2) is 0 Å². The zero-order valence-corrected chi connectivity index (χ0v) is 11.0. The first-order valence-corrected chi connectivity index (χ1v) is 6.72. The number of benzene rings is 1. The molecular weight excluding hydrogens is 250 g/mol. The molecule has 0 heterocycles. The van der Waals surface area contributed by atoms with E-state index < -0.39 is 5.41 Å². The van der Waals surface area contributed by atoms with E-state index in [2.05, 4.69) is 5.32 Å². The SMILES string of the molecule is O=C(NCCO)C1(c2cccc(Cl)c2)CCCC1. The van der Waals surface area contributed by atoms with Crippen LogP contribution in [0.3, 0.4) is 0 Å². The van der Waals surface area contributed by atoms with Gasteiger partial charge in [0.25, 0.3) is 0 Å². The van der Waals surface area contributed by atoms with Crippen LogP contribution in [0.25, 0.3) is 0 Å². The van der Waals surface area contributed by atoms with Crippen LogP contribution in [0.2, 0.25) is 5.02 Å². The van der Waals surface area contributed by atoms with Crippen LogP contribution in [0, 0.1) is 0 Å². The molecule has 18 heavy (non-hydrogen) atoms. The van der Waals surface area contributed by atoms with Crippen molar-refractivity contribution < 1.29 is 9.90 Å². The van der Waals surface area contributed by atoms with Gasteiger partial charge in [-0.15, -0.1) is 0 Å². The van der Waals surface area contributed by atoms with Gasteiger partial charge in [-0.1, -0.05) is 36.6 Å². The topological polar surface area (TPSA) is 49.3 Å². The highest BCUT2D eigenvalue weighted by atomic mass is 35.5. The van der Waals surface area contributed by atoms with Crippen LogP contribution in [-0.4, -0.2) is 24.2 Å². The lowest BCUT2D eigenvalue weighted by Gasteiger charge is -2.28. The first-order chi connectivity index (χ1) is 8.69. The zero-order chi connectivity index (χ0) is 13.0. The monoisotopic (exact) mass is 267 g/mol. The minimum Gasteiger partial charge on any atom is -0.395 e. The van der Waals surface area contributed by atoms with Crippen molar-refractivity contribution in [1.82, 2.24) is 5.32 Å². The first kappa shape index (κ1) is 13.4. The van der Waals surface area contributed by atoms with Crippen molar-refractivity contribution in [3.05, 3.63) is 34.9 Å². The van der Waals surface area contributed by atoms with Crippen molar-refractivity contribution in [3.63, 3.8) is 0 Å². The number of carbonyl (C=O) groups excluding carboxylic acids is 1. The summed E-state index contributed by atoms with van der Waals surface area (Å²) in [6.07, 6.45) is 3.81. The lowest BCUT2D eigenvalue weighted by Crippen LogP contribution is -2.43. The number of halogens is 1. The Bertz CT molecular complexity index is 428. The van der Waals surface area contributed by atoms with Gasteiger partial charge in [0.1, 0.15) is 0 Å². The second kappa shape index (κ2) is 5.72. The maximum atomic E-state index is 12.4. The third-order valence-corrected chi connectivity index (χ3v) is 3.90. The maximum Gasteiger partial charge on any atom is 0.230 e. The van der Waals surface area contributed by atoms with E-state index in [0.717, 1.165) is 31.2 Å². The van der Waals surface area contributed by atoms with Gasteiger partial charge in [-0.2, -0.15) is 0 Å². The number of aliphatic hydroxyl groups excluding tert-OH is 1. The summed E-state index contributed by atoms with van der Waals surface area (Å²) in [6.45, 7) is 0.276. The summed E-state index contributed by atoms with van der Waals surface area (Å²) in [5.74, 6) is 0.0105. The Balaban J connectivity index is 2.29. The van der Waals surface area contributed by atoms with Crippen LogP contribution in [0.5, 0.6) is 0 Å². The van der Waals surface area contributed by atoms with E-state index in [4.69, 9.17) is 16.7 Å². The Morgan fingerprint density at radius 3 is 2.72 bits per heavy atom. The molecule has 1 aromatic carbocycles. The molecule has 2 rings (SSSR count). The third kappa shape index (κ3) is 2.52. The van der Waals surface area contributed by atoms with E-state index >= 15 is 0 Å². The molecule has 3 nitrogen and oxygen atoms in total. The minimum atomic E-state index is -0.458. The molecule has 0 aromatic heterocycles. The molecule has 0 unspecified atom stereocenters. The number of carbonyl (C=O) groups is 1. The number of rotatable bonds is 4. The largest absolute Gasteiger partial charge is 0.395 e. The summed E-state index contributed by atoms with van der Waals surface area (Å²) >= 11 is 6.02. The van der Waals surface area contributed by atoms with E-state index in [1.54, 1.807) is 0 Å². The van der Waals surface area contributed by atoms with Crippen molar-refractivity contribution >= 4 is 17.5 Å². The van der Waals surface area contributed by atoms with E-state index in [0.29, 0.717) is 11.6 Å². The molecule has 0 saturated heterocycles. The van der Waals surface area contributed by atoms with Gasteiger partial charge >= 0.3 is 0 Å². The molecule has 0 bridgehead atoms. The van der Waals surface area contributed by atoms with E-state index in [1.807, 2.05) is 24.3 Å². The van der Waals surface area contributed by atoms with E-state index in [9.17, 15) is 4.79 Å². The fourth-order valence-corrected chi connectivity index (χ4v) is 2.94. The van der Waals surface area contributed by atoms with Gasteiger partial charge in [-0.05, 0) is 30.5 Å². The molecule has 1 saturated carbocycles. The Morgan fingerprint density at radius 1 is 1.39 bits per heavy atom. The van der Waals surface area contributed by atoms with Crippen LogP contribution in [0.4, 0.5) is 0 Å². The van der Waals surface area contributed by atoms with Crippen molar-refractivity contribution in [1.29, 1.82) is 0 Å². The zero-order valence-electron chi connectivity index (χ0n) is 10.3. The number of amides is 1. The average molecular weight is 268 g/mol. The predicted octanol–water partition coefficient (Wildman–Crippen LogP) is 2.26. The Morgan fingerprint density at radius 2 is 2.11 bits per heavy atom. The molecule has 0 spiro atoms. The standard InChI is InChI=1S/C14H18ClNO2/c15-12-5-3-4-11(10-12)14(6-1-2-7-14)13(18)16-8-9-17/h3-5,10,17H,1-2,6-9H2,(H,16,18). The average Bonchev–Trinajstić information content (AvgIpc) is 2.86. The smallest absolute Gasteiger partial charge is 0.230 e. The van der Waals surface area contributed by atoms with Gasteiger partial charge < -0.3 is 10.4 Å². The van der Waals surface area contributed by atoms with Crippen molar-refractivity contribution in [2.45, 2.75) is 31.1 Å². The first-order valence-electron chi connectivity index (χ1n) is 6.34. The Kier molecular flexibility index (Phi) is 4.25. The fraction of sp³-hybridized carbons (Fsp3) is 0.500. The lowest BCUT2D eigenvalue weighted by molar-refractivity contribution is -0.126. The summed E-state index contributed by atoms with van der Waals surface area (Å²) in [7, 11) is 0. The number of aliphatic hydroxyl groups is 1. The second-order valence-electron chi connectivity index (χ2n) is 4.78. The van der Waals surface area contributed by atoms with Crippen molar-refractivity contribution in [3.8, 4) is 0 Å². The summed E-state index contributed by atoms with van der Waals surface area (Å²) in [6, 6.07) is 7.55. The maximum absolute atomic E-state index is 12.4. The fourth-order valence-electron chi connectivity index (χ4n) is 2.75. The van der Waals surface area contributed by atoms with Crippen LogP contribution >= 0.6 is 11.6 Å². The molecule has 4 heteroatoms. The van der Waals surface area contributed by atoms with Gasteiger partial charge in [0.15, 0.2) is 0 Å². The van der Waals surface area contributed by atoms with Crippen molar-refractivity contribution in [2.75, 3.05) is 13.2 Å². The van der Waals surface area contributed by atoms with Crippen molar-refractivity contribution in [2.24, 2.45) is 0 Å². The normalized spacial score (nSPS) is 17.7. The summed E-state index contributed by atoms with van der Waals surface area (Å²) in [5, 5.41) is 12.3. The number of nitrogens with one attached hydrogen (secondary N) is 1. The number of hydrogen-bond acceptors (Lipinski definition) is 2. The highest BCUT2D eigenvalue weighted by Crippen LogP contribution is 2.41. The Labute approximate surface area is 112 Å². The molecule has 98 valence electrons. The molecule has 1 amide bonds. The highest BCUT2D eigenvalue weighted by Gasteiger charge is 2.42. The van der Waals surface area contributed by atoms with Crippen LogP contribution in [0.1, 0.15) is 31.2 Å². The molecule has 1 aliphatic rings. The molecule has 1 aromatic rings. The summed E-state index contributed by atoms with van der Waals surface area (Å²) in [5.41, 5.74) is 0.531. The van der Waals surface area contributed by atoms with Crippen LogP contribution < -0.4 is 5.32 Å². The highest BCUT2D eigenvalue weighted by molar-refractivity contribution is 6.30. The third-order valence-electron chi connectivity index (χ3n) is 3.67. The second-order valence-corrected chi connectivity index (χ2v) is 5.22. The van der Waals surface area contributed by atoms with Crippen LogP contribution in [0.15, 0.2) is 24.3 Å². The van der Waals surface area contributed by atoms with Gasteiger partial charge in [0, 0.05) is 11.6 Å². The van der Waals surface area contributed by atoms with Gasteiger partial charge in [0.2, 0.25) is 5.91 Å². The summed E-state index contributed by atoms with van der Waals surface area (Å²) < 4.78 is 0. The molecule has 2 N–H and O–H groups in total. The van der Waals surface area contributed by atoms with E-state index in [1.165, 1.54) is 0 Å². The lowest BCUT2D eigenvalue weighted by atomic mass is 9.78.